The summed E-state index contributed by atoms with van der Waals surface area (Å²) in [6.45, 7) is 2.56. The lowest BCUT2D eigenvalue weighted by Crippen LogP contribution is -2.42. The molecule has 1 aromatic carbocycles. The molecule has 3 N–H and O–H groups in total. The molecule has 0 saturated heterocycles. The number of carbonyl (C=O) groups excluding carboxylic acids is 4. The van der Waals surface area contributed by atoms with Crippen LogP contribution in [0.3, 0.4) is 0 Å². The summed E-state index contributed by atoms with van der Waals surface area (Å²) in [6, 6.07) is 5.89. The molecule has 0 aliphatic heterocycles. The van der Waals surface area contributed by atoms with Crippen molar-refractivity contribution in [3.8, 4) is 0 Å². The standard InChI is InChI=1S/C15H16BrN3O5/c1-2-6-17-15(23)19-12(20)9-24-13(21)8-18-14(22)10-4-3-5-11(16)7-10/h2-5,7H,1,6,8-9H2,(H,18,22)(H2,17,19,20,23). The molecule has 0 aliphatic carbocycles. The smallest absolute Gasteiger partial charge is 0.325 e. The van der Waals surface area contributed by atoms with Crippen LogP contribution in [0.5, 0.6) is 0 Å². The van der Waals surface area contributed by atoms with E-state index in [9.17, 15) is 19.2 Å². The van der Waals surface area contributed by atoms with E-state index in [-0.39, 0.29) is 6.54 Å². The summed E-state index contributed by atoms with van der Waals surface area (Å²) >= 11 is 3.23. The molecular weight excluding hydrogens is 382 g/mol. The van der Waals surface area contributed by atoms with Gasteiger partial charge in [-0.05, 0) is 18.2 Å². The van der Waals surface area contributed by atoms with Gasteiger partial charge in [-0.1, -0.05) is 28.1 Å². The van der Waals surface area contributed by atoms with E-state index in [1.54, 1.807) is 24.3 Å². The van der Waals surface area contributed by atoms with Crippen LogP contribution in [0.1, 0.15) is 10.4 Å². The Labute approximate surface area is 146 Å². The number of nitrogens with one attached hydrogen (secondary N) is 3. The van der Waals surface area contributed by atoms with E-state index in [2.05, 4.69) is 37.9 Å². The van der Waals surface area contributed by atoms with Gasteiger partial charge in [-0.15, -0.1) is 6.58 Å². The van der Waals surface area contributed by atoms with E-state index < -0.39 is 37.0 Å². The molecule has 0 aromatic heterocycles. The van der Waals surface area contributed by atoms with Crippen LogP contribution in [0.2, 0.25) is 0 Å². The first-order valence-electron chi connectivity index (χ1n) is 6.80. The van der Waals surface area contributed by atoms with Crippen LogP contribution >= 0.6 is 15.9 Å². The molecule has 9 heteroatoms. The minimum Gasteiger partial charge on any atom is -0.454 e. The number of hydrogen-bond donors (Lipinski definition) is 3. The number of esters is 1. The first kappa shape index (κ1) is 19.4. The van der Waals surface area contributed by atoms with Crippen LogP contribution in [-0.2, 0) is 14.3 Å². The summed E-state index contributed by atoms with van der Waals surface area (Å²) in [6.07, 6.45) is 1.44. The van der Waals surface area contributed by atoms with Crippen molar-refractivity contribution in [2.45, 2.75) is 0 Å². The molecule has 24 heavy (non-hydrogen) atoms. The third-order valence-corrected chi connectivity index (χ3v) is 3.00. The zero-order valence-corrected chi connectivity index (χ0v) is 14.2. The molecule has 1 rings (SSSR count). The van der Waals surface area contributed by atoms with Crippen molar-refractivity contribution in [1.82, 2.24) is 16.0 Å². The fourth-order valence-corrected chi connectivity index (χ4v) is 1.85. The molecule has 0 radical (unpaired) electrons. The second-order valence-corrected chi connectivity index (χ2v) is 5.32. The molecule has 0 fully saturated rings. The largest absolute Gasteiger partial charge is 0.454 e. The molecule has 0 atom stereocenters. The highest BCUT2D eigenvalue weighted by Gasteiger charge is 2.12. The second-order valence-electron chi connectivity index (χ2n) is 4.40. The molecular formula is C15H16BrN3O5. The highest BCUT2D eigenvalue weighted by Crippen LogP contribution is 2.11. The Morgan fingerprint density at radius 2 is 1.96 bits per heavy atom. The van der Waals surface area contributed by atoms with Gasteiger partial charge >= 0.3 is 12.0 Å². The van der Waals surface area contributed by atoms with Gasteiger partial charge in [0.15, 0.2) is 6.61 Å². The van der Waals surface area contributed by atoms with E-state index in [0.29, 0.717) is 5.56 Å². The monoisotopic (exact) mass is 397 g/mol. The maximum atomic E-state index is 11.8. The van der Waals surface area contributed by atoms with Crippen LogP contribution in [0.4, 0.5) is 4.79 Å². The molecule has 0 heterocycles. The van der Waals surface area contributed by atoms with Gasteiger partial charge in [0.1, 0.15) is 6.54 Å². The Morgan fingerprint density at radius 1 is 1.21 bits per heavy atom. The molecule has 4 amide bonds. The maximum Gasteiger partial charge on any atom is 0.325 e. The Bertz CT molecular complexity index is 648. The van der Waals surface area contributed by atoms with E-state index in [1.807, 2.05) is 5.32 Å². The fourth-order valence-electron chi connectivity index (χ4n) is 1.45. The average Bonchev–Trinajstić information content (AvgIpc) is 2.55. The lowest BCUT2D eigenvalue weighted by molar-refractivity contribution is -0.147. The molecule has 0 bridgehead atoms. The molecule has 128 valence electrons. The summed E-state index contributed by atoms with van der Waals surface area (Å²) in [4.78, 5) is 45.8. The van der Waals surface area contributed by atoms with Crippen molar-refractivity contribution in [3.63, 3.8) is 0 Å². The van der Waals surface area contributed by atoms with E-state index in [1.165, 1.54) is 6.08 Å². The summed E-state index contributed by atoms with van der Waals surface area (Å²) in [5, 5.41) is 6.65. The highest BCUT2D eigenvalue weighted by molar-refractivity contribution is 9.10. The van der Waals surface area contributed by atoms with Crippen LogP contribution in [0.25, 0.3) is 0 Å². The molecule has 1 aromatic rings. The predicted octanol–water partition coefficient (Wildman–Crippen LogP) is 0.734. The third kappa shape index (κ3) is 7.54. The number of rotatable bonds is 7. The number of amides is 4. The number of ether oxygens (including phenoxy) is 1. The van der Waals surface area contributed by atoms with Crippen molar-refractivity contribution in [3.05, 3.63) is 47.0 Å². The van der Waals surface area contributed by atoms with Crippen molar-refractivity contribution >= 4 is 39.7 Å². The van der Waals surface area contributed by atoms with Crippen molar-refractivity contribution < 1.29 is 23.9 Å². The Kier molecular flexibility index (Phi) is 8.20. The zero-order chi connectivity index (χ0) is 17.9. The number of hydrogen-bond acceptors (Lipinski definition) is 5. The first-order valence-corrected chi connectivity index (χ1v) is 7.59. The second kappa shape index (κ2) is 10.2. The van der Waals surface area contributed by atoms with E-state index in [4.69, 9.17) is 0 Å². The summed E-state index contributed by atoms with van der Waals surface area (Å²) in [5.41, 5.74) is 0.369. The average molecular weight is 398 g/mol. The fraction of sp³-hybridized carbons (Fsp3) is 0.200. The molecule has 0 saturated carbocycles. The Morgan fingerprint density at radius 3 is 2.62 bits per heavy atom. The van der Waals surface area contributed by atoms with Gasteiger partial charge in [-0.2, -0.15) is 0 Å². The molecule has 0 spiro atoms. The van der Waals surface area contributed by atoms with Gasteiger partial charge in [0.25, 0.3) is 11.8 Å². The normalized spacial score (nSPS) is 9.54. The molecule has 8 nitrogen and oxygen atoms in total. The quantitative estimate of drug-likeness (QED) is 0.463. The maximum absolute atomic E-state index is 11.8. The van der Waals surface area contributed by atoms with Crippen molar-refractivity contribution in [2.24, 2.45) is 0 Å². The van der Waals surface area contributed by atoms with Gasteiger partial charge in [-0.25, -0.2) is 4.79 Å². The van der Waals surface area contributed by atoms with Crippen LogP contribution < -0.4 is 16.0 Å². The minimum atomic E-state index is -0.806. The zero-order valence-electron chi connectivity index (χ0n) is 12.6. The van der Waals surface area contributed by atoms with Crippen LogP contribution in [0, 0.1) is 0 Å². The van der Waals surface area contributed by atoms with Gasteiger partial charge in [0.2, 0.25) is 0 Å². The molecule has 0 aliphatic rings. The van der Waals surface area contributed by atoms with Crippen molar-refractivity contribution in [2.75, 3.05) is 19.7 Å². The summed E-state index contributed by atoms with van der Waals surface area (Å²) in [7, 11) is 0. The van der Waals surface area contributed by atoms with Gasteiger partial charge < -0.3 is 15.4 Å². The SMILES string of the molecule is C=CCNC(=O)NC(=O)COC(=O)CNC(=O)c1cccc(Br)c1. The highest BCUT2D eigenvalue weighted by atomic mass is 79.9. The third-order valence-electron chi connectivity index (χ3n) is 2.50. The Hall–Kier alpha value is -2.68. The number of carbonyl (C=O) groups is 4. The number of halogens is 1. The van der Waals surface area contributed by atoms with E-state index in [0.717, 1.165) is 4.47 Å². The number of imide groups is 1. The predicted molar refractivity (Wildman–Crippen MR) is 89.2 cm³/mol. The van der Waals surface area contributed by atoms with Gasteiger partial charge in [0, 0.05) is 16.6 Å². The van der Waals surface area contributed by atoms with Crippen LogP contribution in [-0.4, -0.2) is 43.5 Å². The lowest BCUT2D eigenvalue weighted by atomic mass is 10.2. The molecule has 0 unspecified atom stereocenters. The van der Waals surface area contributed by atoms with Gasteiger partial charge in [-0.3, -0.25) is 19.7 Å². The lowest BCUT2D eigenvalue weighted by Gasteiger charge is -2.07. The summed E-state index contributed by atoms with van der Waals surface area (Å²) < 4.78 is 5.37. The van der Waals surface area contributed by atoms with Crippen LogP contribution in [0.15, 0.2) is 41.4 Å². The number of urea groups is 1. The van der Waals surface area contributed by atoms with Gasteiger partial charge in [0.05, 0.1) is 0 Å². The minimum absolute atomic E-state index is 0.195. The van der Waals surface area contributed by atoms with Crippen molar-refractivity contribution in [1.29, 1.82) is 0 Å². The number of benzene rings is 1. The Balaban J connectivity index is 2.29. The summed E-state index contributed by atoms with van der Waals surface area (Å²) in [5.74, 6) is -2.05. The topological polar surface area (TPSA) is 114 Å². The first-order chi connectivity index (χ1) is 11.4. The van der Waals surface area contributed by atoms with E-state index >= 15 is 0 Å².